The minimum Gasteiger partial charge on any atom is -0.382 e. The second-order valence-corrected chi connectivity index (χ2v) is 6.39. The molecule has 1 aromatic carbocycles. The van der Waals surface area contributed by atoms with E-state index in [-0.39, 0.29) is 5.02 Å². The lowest BCUT2D eigenvalue weighted by Crippen LogP contribution is -2.29. The van der Waals surface area contributed by atoms with Crippen LogP contribution in [0.1, 0.15) is 13.3 Å². The average Bonchev–Trinajstić information content (AvgIpc) is 3.00. The van der Waals surface area contributed by atoms with Gasteiger partial charge in [-0.25, -0.2) is 0 Å². The van der Waals surface area contributed by atoms with Gasteiger partial charge in [0.25, 0.3) is 5.56 Å². The first kappa shape index (κ1) is 17.2. The van der Waals surface area contributed by atoms with Crippen molar-refractivity contribution in [3.05, 3.63) is 50.9 Å². The van der Waals surface area contributed by atoms with E-state index in [1.54, 1.807) is 24.3 Å². The largest absolute Gasteiger partial charge is 0.382 e. The average molecular weight is 370 g/mol. The minimum absolute atomic E-state index is 0.0818. The normalized spacial score (nSPS) is 16.3. The number of aromatic nitrogens is 2. The van der Waals surface area contributed by atoms with Gasteiger partial charge in [0.05, 0.1) is 30.8 Å². The summed E-state index contributed by atoms with van der Waals surface area (Å²) in [5.74, 6) is -0.592. The first-order chi connectivity index (χ1) is 11.5. The Labute approximate surface area is 149 Å². The number of hydrogen-bond acceptors (Lipinski definition) is 5. The van der Waals surface area contributed by atoms with E-state index in [2.05, 4.69) is 10.4 Å². The quantitative estimate of drug-likeness (QED) is 0.876. The van der Waals surface area contributed by atoms with Gasteiger partial charge in [-0.1, -0.05) is 23.2 Å². The molecule has 2 aromatic rings. The first-order valence-electron chi connectivity index (χ1n) is 7.54. The highest BCUT2D eigenvalue weighted by Gasteiger charge is 2.30. The molecule has 1 aliphatic heterocycles. The van der Waals surface area contributed by atoms with Crippen LogP contribution in [0.2, 0.25) is 10.0 Å². The third-order valence-electron chi connectivity index (χ3n) is 3.78. The molecule has 1 N–H and O–H groups in total. The molecule has 0 radical (unpaired) electrons. The smallest absolute Gasteiger partial charge is 0.292 e. The van der Waals surface area contributed by atoms with Gasteiger partial charge in [0.2, 0.25) is 0 Å². The Morgan fingerprint density at radius 1 is 1.25 bits per heavy atom. The fraction of sp³-hybridized carbons (Fsp3) is 0.375. The van der Waals surface area contributed by atoms with Crippen LogP contribution >= 0.6 is 23.2 Å². The molecule has 128 valence electrons. The van der Waals surface area contributed by atoms with Crippen molar-refractivity contribution in [1.82, 2.24) is 9.78 Å². The van der Waals surface area contributed by atoms with Crippen LogP contribution in [0.25, 0.3) is 5.69 Å². The van der Waals surface area contributed by atoms with Crippen LogP contribution < -0.4 is 10.9 Å². The maximum absolute atomic E-state index is 12.4. The number of rotatable bonds is 5. The minimum atomic E-state index is -0.592. The maximum atomic E-state index is 12.4. The highest BCUT2D eigenvalue weighted by Crippen LogP contribution is 2.23. The number of anilines is 1. The molecule has 0 saturated carbocycles. The van der Waals surface area contributed by atoms with Crippen molar-refractivity contribution in [2.45, 2.75) is 19.1 Å². The first-order valence-corrected chi connectivity index (χ1v) is 8.30. The van der Waals surface area contributed by atoms with E-state index in [0.717, 1.165) is 0 Å². The number of nitrogens with one attached hydrogen (secondary N) is 1. The molecule has 1 aromatic heterocycles. The fourth-order valence-electron chi connectivity index (χ4n) is 2.45. The molecule has 0 bridgehead atoms. The number of benzene rings is 1. The Balaban J connectivity index is 1.73. The van der Waals surface area contributed by atoms with Gasteiger partial charge in [-0.05, 0) is 31.2 Å². The molecular formula is C16H17Cl2N3O3. The molecule has 3 rings (SSSR count). The fourth-order valence-corrected chi connectivity index (χ4v) is 2.77. The molecule has 1 saturated heterocycles. The summed E-state index contributed by atoms with van der Waals surface area (Å²) in [5.41, 5.74) is 0.676. The van der Waals surface area contributed by atoms with Gasteiger partial charge < -0.3 is 14.8 Å². The van der Waals surface area contributed by atoms with Crippen molar-refractivity contribution in [2.24, 2.45) is 0 Å². The number of ether oxygens (including phenoxy) is 2. The summed E-state index contributed by atoms with van der Waals surface area (Å²) in [6.45, 7) is 3.62. The van der Waals surface area contributed by atoms with Gasteiger partial charge in [0.15, 0.2) is 5.79 Å². The van der Waals surface area contributed by atoms with Crippen molar-refractivity contribution < 1.29 is 9.47 Å². The number of nitrogens with zero attached hydrogens (tertiary/aromatic N) is 2. The molecule has 0 atom stereocenters. The molecule has 2 heterocycles. The van der Waals surface area contributed by atoms with E-state index in [9.17, 15) is 4.79 Å². The molecule has 0 unspecified atom stereocenters. The van der Waals surface area contributed by atoms with E-state index in [1.165, 1.54) is 10.9 Å². The standard InChI is InChI=1S/C16H17Cl2N3O3/c1-16(23-8-9-24-16)6-7-19-13-10-20-21(15(22)14(13)18)12-4-2-11(17)3-5-12/h2-5,10,19H,6-9H2,1H3. The van der Waals surface area contributed by atoms with Gasteiger partial charge in [-0.2, -0.15) is 9.78 Å². The molecule has 6 nitrogen and oxygen atoms in total. The zero-order valence-electron chi connectivity index (χ0n) is 13.1. The van der Waals surface area contributed by atoms with Gasteiger partial charge in [0.1, 0.15) is 5.02 Å². The Hall–Kier alpha value is -1.60. The molecule has 24 heavy (non-hydrogen) atoms. The lowest BCUT2D eigenvalue weighted by Gasteiger charge is -2.22. The molecule has 1 aliphatic rings. The lowest BCUT2D eigenvalue weighted by molar-refractivity contribution is -0.144. The van der Waals surface area contributed by atoms with Crippen molar-refractivity contribution >= 4 is 28.9 Å². The van der Waals surface area contributed by atoms with E-state index >= 15 is 0 Å². The highest BCUT2D eigenvalue weighted by molar-refractivity contribution is 6.33. The van der Waals surface area contributed by atoms with Crippen molar-refractivity contribution in [3.8, 4) is 5.69 Å². The van der Waals surface area contributed by atoms with Gasteiger partial charge in [-0.3, -0.25) is 4.79 Å². The predicted octanol–water partition coefficient (Wildman–Crippen LogP) is 3.10. The van der Waals surface area contributed by atoms with E-state index in [1.807, 2.05) is 6.92 Å². The third-order valence-corrected chi connectivity index (χ3v) is 4.40. The third kappa shape index (κ3) is 3.72. The Bertz CT molecular complexity index is 771. The summed E-state index contributed by atoms with van der Waals surface area (Å²) in [6, 6.07) is 6.78. The van der Waals surface area contributed by atoms with Gasteiger partial charge in [-0.15, -0.1) is 0 Å². The second-order valence-electron chi connectivity index (χ2n) is 5.57. The van der Waals surface area contributed by atoms with E-state index in [0.29, 0.717) is 42.6 Å². The van der Waals surface area contributed by atoms with Crippen molar-refractivity contribution in [3.63, 3.8) is 0 Å². The summed E-state index contributed by atoms with van der Waals surface area (Å²) in [6.07, 6.45) is 2.15. The monoisotopic (exact) mass is 369 g/mol. The molecule has 8 heteroatoms. The van der Waals surface area contributed by atoms with Crippen LogP contribution in [0, 0.1) is 0 Å². The molecule has 1 fully saturated rings. The van der Waals surface area contributed by atoms with Crippen LogP contribution in [0.15, 0.2) is 35.3 Å². The van der Waals surface area contributed by atoms with E-state index in [4.69, 9.17) is 32.7 Å². The van der Waals surface area contributed by atoms with Crippen molar-refractivity contribution in [1.29, 1.82) is 0 Å². The SMILES string of the molecule is CC1(CCNc2cnn(-c3ccc(Cl)cc3)c(=O)c2Cl)OCCO1. The van der Waals surface area contributed by atoms with E-state index < -0.39 is 11.3 Å². The maximum Gasteiger partial charge on any atom is 0.292 e. The summed E-state index contributed by atoms with van der Waals surface area (Å²) < 4.78 is 12.3. The van der Waals surface area contributed by atoms with Crippen LogP contribution in [-0.2, 0) is 9.47 Å². The van der Waals surface area contributed by atoms with Crippen LogP contribution in [0.3, 0.4) is 0 Å². The predicted molar refractivity (Wildman–Crippen MR) is 93.3 cm³/mol. The van der Waals surface area contributed by atoms with Gasteiger partial charge in [0, 0.05) is 18.0 Å². The Morgan fingerprint density at radius 2 is 1.92 bits per heavy atom. The molecule has 0 aliphatic carbocycles. The highest BCUT2D eigenvalue weighted by atomic mass is 35.5. The zero-order chi connectivity index (χ0) is 17.2. The molecular weight excluding hydrogens is 353 g/mol. The Kier molecular flexibility index (Phi) is 5.10. The number of halogens is 2. The van der Waals surface area contributed by atoms with Crippen LogP contribution in [0.4, 0.5) is 5.69 Å². The molecule has 0 amide bonds. The summed E-state index contributed by atoms with van der Waals surface area (Å²) in [4.78, 5) is 12.4. The summed E-state index contributed by atoms with van der Waals surface area (Å²) >= 11 is 12.0. The number of hydrogen-bond donors (Lipinski definition) is 1. The summed E-state index contributed by atoms with van der Waals surface area (Å²) in [5, 5.41) is 7.93. The van der Waals surface area contributed by atoms with Crippen LogP contribution in [0.5, 0.6) is 0 Å². The summed E-state index contributed by atoms with van der Waals surface area (Å²) in [7, 11) is 0. The Morgan fingerprint density at radius 3 is 2.58 bits per heavy atom. The zero-order valence-corrected chi connectivity index (χ0v) is 14.6. The second kappa shape index (κ2) is 7.11. The van der Waals surface area contributed by atoms with Crippen LogP contribution in [-0.4, -0.2) is 35.3 Å². The van der Waals surface area contributed by atoms with Gasteiger partial charge >= 0.3 is 0 Å². The topological polar surface area (TPSA) is 65.4 Å². The lowest BCUT2D eigenvalue weighted by atomic mass is 10.2. The molecule has 0 spiro atoms. The van der Waals surface area contributed by atoms with Crippen molar-refractivity contribution in [2.75, 3.05) is 25.1 Å².